The Bertz CT molecular complexity index is 1280. The third kappa shape index (κ3) is 4.04. The van der Waals surface area contributed by atoms with Gasteiger partial charge in [0.2, 0.25) is 0 Å². The molecule has 0 bridgehead atoms. The minimum atomic E-state index is -0.420. The molecule has 2 heterocycles. The first kappa shape index (κ1) is 21.0. The Hall–Kier alpha value is -3.23. The third-order valence-corrected chi connectivity index (χ3v) is 6.33. The normalized spacial score (nSPS) is 15.2. The molecule has 0 N–H and O–H groups in total. The van der Waals surface area contributed by atoms with Gasteiger partial charge in [-0.25, -0.2) is 0 Å². The average molecular weight is 451 g/mol. The first-order valence-electron chi connectivity index (χ1n) is 9.45. The number of hydrogen-bond acceptors (Lipinski definition) is 6. The lowest BCUT2D eigenvalue weighted by atomic mass is 10.0. The van der Waals surface area contributed by atoms with E-state index in [-0.39, 0.29) is 11.6 Å². The molecule has 1 amide bonds. The van der Waals surface area contributed by atoms with Crippen molar-refractivity contribution in [3.05, 3.63) is 86.0 Å². The molecule has 1 aromatic heterocycles. The summed E-state index contributed by atoms with van der Waals surface area (Å²) in [7, 11) is 0. The van der Waals surface area contributed by atoms with Gasteiger partial charge in [0, 0.05) is 12.1 Å². The maximum absolute atomic E-state index is 13.0. The topological polar surface area (TPSA) is 76.6 Å². The molecule has 156 valence electrons. The van der Waals surface area contributed by atoms with E-state index in [2.05, 4.69) is 0 Å². The maximum atomic E-state index is 13.0. The van der Waals surface area contributed by atoms with Crippen molar-refractivity contribution < 1.29 is 14.1 Å². The van der Waals surface area contributed by atoms with Crippen LogP contribution in [0.5, 0.6) is 0 Å². The van der Waals surface area contributed by atoms with Crippen LogP contribution in [0.3, 0.4) is 0 Å². The van der Waals surface area contributed by atoms with Crippen LogP contribution in [-0.4, -0.2) is 15.2 Å². The predicted molar refractivity (Wildman–Crippen MR) is 127 cm³/mol. The van der Waals surface area contributed by atoms with Gasteiger partial charge >= 0.3 is 0 Å². The number of amides is 1. The molecule has 4 rings (SSSR count). The molecule has 1 aliphatic heterocycles. The van der Waals surface area contributed by atoms with Crippen LogP contribution in [0.4, 0.5) is 11.4 Å². The SMILES string of the molecule is Cc1cccc(N2C(=O)/C(=C\c3ccc(-c4cc(C)c(C)cc4[N+](=O)[O-])o3)SC2=S)c1. The van der Waals surface area contributed by atoms with Crippen molar-refractivity contribution >= 4 is 51.7 Å². The molecule has 0 atom stereocenters. The van der Waals surface area contributed by atoms with Crippen LogP contribution in [0.2, 0.25) is 0 Å². The number of furan rings is 1. The van der Waals surface area contributed by atoms with Crippen LogP contribution in [0, 0.1) is 30.9 Å². The number of nitro groups is 1. The van der Waals surface area contributed by atoms with Gasteiger partial charge in [-0.05, 0) is 67.8 Å². The Kier molecular flexibility index (Phi) is 5.51. The van der Waals surface area contributed by atoms with Gasteiger partial charge in [-0.1, -0.05) is 36.1 Å². The molecule has 0 radical (unpaired) electrons. The van der Waals surface area contributed by atoms with Crippen LogP contribution in [0.15, 0.2) is 57.9 Å². The first-order chi connectivity index (χ1) is 14.7. The molecule has 1 aliphatic rings. The Morgan fingerprint density at radius 1 is 1.10 bits per heavy atom. The lowest BCUT2D eigenvalue weighted by Gasteiger charge is -2.14. The van der Waals surface area contributed by atoms with Gasteiger partial charge in [-0.15, -0.1) is 0 Å². The molecular formula is C23H18N2O4S2. The number of rotatable bonds is 4. The zero-order chi connectivity index (χ0) is 22.3. The Morgan fingerprint density at radius 3 is 2.55 bits per heavy atom. The number of carbonyl (C=O) groups is 1. The van der Waals surface area contributed by atoms with Gasteiger partial charge in [0.1, 0.15) is 11.5 Å². The molecule has 6 nitrogen and oxygen atoms in total. The van der Waals surface area contributed by atoms with Gasteiger partial charge in [0.25, 0.3) is 11.6 Å². The summed E-state index contributed by atoms with van der Waals surface area (Å²) in [5, 5.41) is 11.5. The van der Waals surface area contributed by atoms with Crippen molar-refractivity contribution in [2.75, 3.05) is 4.90 Å². The van der Waals surface area contributed by atoms with Crippen molar-refractivity contribution in [1.82, 2.24) is 0 Å². The fourth-order valence-corrected chi connectivity index (χ4v) is 4.59. The van der Waals surface area contributed by atoms with Crippen LogP contribution < -0.4 is 4.90 Å². The van der Waals surface area contributed by atoms with E-state index in [0.717, 1.165) is 22.4 Å². The summed E-state index contributed by atoms with van der Waals surface area (Å²) in [6, 6.07) is 14.2. The van der Waals surface area contributed by atoms with E-state index in [4.69, 9.17) is 16.6 Å². The number of carbonyl (C=O) groups excluding carboxylic acids is 1. The van der Waals surface area contributed by atoms with E-state index < -0.39 is 4.92 Å². The molecule has 3 aromatic rings. The Balaban J connectivity index is 1.67. The lowest BCUT2D eigenvalue weighted by Crippen LogP contribution is -2.27. The summed E-state index contributed by atoms with van der Waals surface area (Å²) in [6.45, 7) is 5.67. The minimum absolute atomic E-state index is 0.0187. The maximum Gasteiger partial charge on any atom is 0.280 e. The van der Waals surface area contributed by atoms with Gasteiger partial charge in [0.15, 0.2) is 4.32 Å². The highest BCUT2D eigenvalue weighted by Gasteiger charge is 2.33. The fraction of sp³-hybridized carbons (Fsp3) is 0.130. The predicted octanol–water partition coefficient (Wildman–Crippen LogP) is 6.19. The summed E-state index contributed by atoms with van der Waals surface area (Å²) in [4.78, 5) is 26.0. The number of aryl methyl sites for hydroxylation is 3. The molecule has 1 fully saturated rings. The van der Waals surface area contributed by atoms with E-state index in [1.54, 1.807) is 30.3 Å². The fourth-order valence-electron chi connectivity index (χ4n) is 3.31. The molecule has 2 aromatic carbocycles. The zero-order valence-corrected chi connectivity index (χ0v) is 18.7. The highest BCUT2D eigenvalue weighted by molar-refractivity contribution is 8.27. The summed E-state index contributed by atoms with van der Waals surface area (Å²) < 4.78 is 6.30. The Labute approximate surface area is 188 Å². The molecule has 31 heavy (non-hydrogen) atoms. The summed E-state index contributed by atoms with van der Waals surface area (Å²) >= 11 is 6.61. The number of nitro benzene ring substituents is 1. The van der Waals surface area contributed by atoms with Crippen molar-refractivity contribution in [2.24, 2.45) is 0 Å². The average Bonchev–Trinajstić information content (AvgIpc) is 3.28. The zero-order valence-electron chi connectivity index (χ0n) is 17.0. The van der Waals surface area contributed by atoms with Gasteiger partial charge < -0.3 is 4.42 Å². The van der Waals surface area contributed by atoms with Crippen molar-refractivity contribution in [1.29, 1.82) is 0 Å². The van der Waals surface area contributed by atoms with Crippen molar-refractivity contribution in [2.45, 2.75) is 20.8 Å². The molecule has 0 saturated carbocycles. The van der Waals surface area contributed by atoms with Crippen LogP contribution in [0.25, 0.3) is 17.4 Å². The second-order valence-electron chi connectivity index (χ2n) is 7.27. The van der Waals surface area contributed by atoms with E-state index in [0.29, 0.717) is 26.3 Å². The molecule has 1 saturated heterocycles. The van der Waals surface area contributed by atoms with Crippen LogP contribution >= 0.6 is 24.0 Å². The molecule has 0 aliphatic carbocycles. The molecule has 0 unspecified atom stereocenters. The minimum Gasteiger partial charge on any atom is -0.456 e. The van der Waals surface area contributed by atoms with E-state index in [1.807, 2.05) is 45.0 Å². The summed E-state index contributed by atoms with van der Waals surface area (Å²) in [5.74, 6) is 0.568. The van der Waals surface area contributed by atoms with Gasteiger partial charge in [-0.3, -0.25) is 19.8 Å². The second kappa shape index (κ2) is 8.13. The number of anilines is 1. The van der Waals surface area contributed by atoms with Gasteiger partial charge in [0.05, 0.1) is 21.1 Å². The lowest BCUT2D eigenvalue weighted by molar-refractivity contribution is -0.384. The van der Waals surface area contributed by atoms with Crippen LogP contribution in [0.1, 0.15) is 22.5 Å². The van der Waals surface area contributed by atoms with Crippen molar-refractivity contribution in [3.8, 4) is 11.3 Å². The number of nitrogens with zero attached hydrogens (tertiary/aromatic N) is 2. The van der Waals surface area contributed by atoms with E-state index in [9.17, 15) is 14.9 Å². The van der Waals surface area contributed by atoms with E-state index >= 15 is 0 Å². The third-order valence-electron chi connectivity index (χ3n) is 5.03. The second-order valence-corrected chi connectivity index (χ2v) is 8.94. The quantitative estimate of drug-likeness (QED) is 0.204. The number of thiocarbonyl (C=S) groups is 1. The monoisotopic (exact) mass is 450 g/mol. The van der Waals surface area contributed by atoms with Gasteiger partial charge in [-0.2, -0.15) is 0 Å². The molecule has 8 heteroatoms. The molecule has 0 spiro atoms. The smallest absolute Gasteiger partial charge is 0.280 e. The van der Waals surface area contributed by atoms with Crippen molar-refractivity contribution in [3.63, 3.8) is 0 Å². The Morgan fingerprint density at radius 2 is 1.84 bits per heavy atom. The highest BCUT2D eigenvalue weighted by Crippen LogP contribution is 2.38. The number of thioether (sulfide) groups is 1. The first-order valence-corrected chi connectivity index (χ1v) is 10.7. The van der Waals surface area contributed by atoms with E-state index in [1.165, 1.54) is 16.7 Å². The number of benzene rings is 2. The van der Waals surface area contributed by atoms with Crippen LogP contribution in [-0.2, 0) is 4.79 Å². The largest absolute Gasteiger partial charge is 0.456 e. The summed E-state index contributed by atoms with van der Waals surface area (Å²) in [5.41, 5.74) is 3.90. The summed E-state index contributed by atoms with van der Waals surface area (Å²) in [6.07, 6.45) is 1.62. The molecular weight excluding hydrogens is 432 g/mol. The number of hydrogen-bond donors (Lipinski definition) is 0. The highest BCUT2D eigenvalue weighted by atomic mass is 32.2. The standard InChI is InChI=1S/C23H18N2O4S2/c1-13-5-4-6-16(9-13)24-22(26)21(31-23(24)30)12-17-7-8-20(29-17)18-10-14(2)15(3)11-19(18)25(27)28/h4-12H,1-3H3/b21-12+.